The molecule has 3 heterocycles. The van der Waals surface area contributed by atoms with E-state index >= 15 is 0 Å². The minimum atomic E-state index is -0.349. The van der Waals surface area contributed by atoms with Crippen LogP contribution in [0.25, 0.3) is 11.2 Å². The van der Waals surface area contributed by atoms with Crippen LogP contribution >= 0.6 is 0 Å². The Bertz CT molecular complexity index is 1350. The Balaban J connectivity index is 1.33. The summed E-state index contributed by atoms with van der Waals surface area (Å²) in [6.07, 6.45) is 2.83. The Kier molecular flexibility index (Phi) is 6.16. The molecule has 1 N–H and O–H groups in total. The smallest absolute Gasteiger partial charge is 0.281 e. The van der Waals surface area contributed by atoms with E-state index < -0.39 is 0 Å². The van der Waals surface area contributed by atoms with Gasteiger partial charge in [-0.3, -0.25) is 9.59 Å². The Morgan fingerprint density at radius 3 is 2.68 bits per heavy atom. The summed E-state index contributed by atoms with van der Waals surface area (Å²) in [4.78, 5) is 34.9. The van der Waals surface area contributed by atoms with E-state index in [1.807, 2.05) is 35.2 Å². The monoisotopic (exact) mass is 460 g/mol. The summed E-state index contributed by atoms with van der Waals surface area (Å²) >= 11 is 0. The van der Waals surface area contributed by atoms with Crippen molar-refractivity contribution in [1.82, 2.24) is 29.9 Å². The van der Waals surface area contributed by atoms with E-state index in [2.05, 4.69) is 15.3 Å². The van der Waals surface area contributed by atoms with E-state index in [4.69, 9.17) is 4.98 Å². The fourth-order valence-electron chi connectivity index (χ4n) is 4.43. The topological polar surface area (TPSA) is 96.8 Å². The molecule has 0 radical (unpaired) electrons. The average molecular weight is 461 g/mol. The lowest BCUT2D eigenvalue weighted by Gasteiger charge is -2.32. The van der Waals surface area contributed by atoms with Crippen LogP contribution in [-0.4, -0.2) is 48.9 Å². The highest BCUT2D eigenvalue weighted by atomic mass is 19.1. The molecule has 0 bridgehead atoms. The highest BCUT2D eigenvalue weighted by molar-refractivity contribution is 5.76. The van der Waals surface area contributed by atoms with Crippen molar-refractivity contribution in [2.45, 2.75) is 38.1 Å². The van der Waals surface area contributed by atoms with Crippen molar-refractivity contribution in [3.63, 3.8) is 0 Å². The molecule has 1 saturated heterocycles. The van der Waals surface area contributed by atoms with Gasteiger partial charge in [-0.25, -0.2) is 14.1 Å². The molecule has 8 nitrogen and oxygen atoms in total. The number of rotatable bonds is 6. The molecule has 2 aromatic carbocycles. The molecular formula is C25H25FN6O2. The number of likely N-dealkylation sites (tertiary alicyclic amines) is 1. The first-order valence-corrected chi connectivity index (χ1v) is 11.5. The second-order valence-corrected chi connectivity index (χ2v) is 8.66. The number of hydrogen-bond acceptors (Lipinski definition) is 5. The van der Waals surface area contributed by atoms with Crippen LogP contribution in [0.2, 0.25) is 0 Å². The number of aromatic amines is 1. The van der Waals surface area contributed by atoms with Crippen LogP contribution in [-0.2, 0) is 17.8 Å². The van der Waals surface area contributed by atoms with E-state index in [1.54, 1.807) is 16.8 Å². The summed E-state index contributed by atoms with van der Waals surface area (Å²) < 4.78 is 14.8. The molecule has 2 aromatic heterocycles. The van der Waals surface area contributed by atoms with Gasteiger partial charge in [0.2, 0.25) is 5.91 Å². The Hall–Kier alpha value is -3.88. The number of carbonyl (C=O) groups is 1. The molecule has 1 atom stereocenters. The van der Waals surface area contributed by atoms with Gasteiger partial charge < -0.3 is 9.88 Å². The van der Waals surface area contributed by atoms with Gasteiger partial charge in [-0.1, -0.05) is 47.7 Å². The molecule has 0 saturated carbocycles. The lowest BCUT2D eigenvalue weighted by atomic mass is 9.96. The van der Waals surface area contributed by atoms with Crippen molar-refractivity contribution in [3.05, 3.63) is 87.7 Å². The number of carbonyl (C=O) groups excluding carboxylic acids is 1. The Morgan fingerprint density at radius 2 is 1.88 bits per heavy atom. The predicted octanol–water partition coefficient (Wildman–Crippen LogP) is 3.04. The number of fused-ring (bicyclic) bond motifs is 1. The van der Waals surface area contributed by atoms with E-state index in [-0.39, 0.29) is 28.7 Å². The van der Waals surface area contributed by atoms with Gasteiger partial charge in [0.25, 0.3) is 5.56 Å². The fourth-order valence-corrected chi connectivity index (χ4v) is 4.43. The molecule has 9 heteroatoms. The number of benzene rings is 2. The van der Waals surface area contributed by atoms with Crippen molar-refractivity contribution < 1.29 is 9.18 Å². The van der Waals surface area contributed by atoms with Crippen LogP contribution < -0.4 is 5.56 Å². The van der Waals surface area contributed by atoms with Crippen LogP contribution in [0.4, 0.5) is 4.39 Å². The number of H-pyrrole nitrogens is 1. The van der Waals surface area contributed by atoms with Gasteiger partial charge >= 0.3 is 0 Å². The van der Waals surface area contributed by atoms with E-state index in [9.17, 15) is 14.0 Å². The largest absolute Gasteiger partial charge is 0.342 e. The second kappa shape index (κ2) is 9.54. The number of nitrogens with one attached hydrogen (secondary N) is 1. The summed E-state index contributed by atoms with van der Waals surface area (Å²) in [5.41, 5.74) is 2.17. The molecule has 34 heavy (non-hydrogen) atoms. The number of aryl methyl sites for hydroxylation is 1. The van der Waals surface area contributed by atoms with Gasteiger partial charge in [-0.2, -0.15) is 0 Å². The van der Waals surface area contributed by atoms with Crippen molar-refractivity contribution in [3.8, 4) is 0 Å². The minimum Gasteiger partial charge on any atom is -0.342 e. The van der Waals surface area contributed by atoms with Crippen LogP contribution in [0.1, 0.15) is 42.1 Å². The molecule has 1 fully saturated rings. The quantitative estimate of drug-likeness (QED) is 0.477. The summed E-state index contributed by atoms with van der Waals surface area (Å²) in [6, 6.07) is 16.1. The maximum atomic E-state index is 13.2. The molecule has 174 valence electrons. The predicted molar refractivity (Wildman–Crippen MR) is 125 cm³/mol. The molecule has 1 amide bonds. The highest BCUT2D eigenvalue weighted by Crippen LogP contribution is 2.25. The number of nitrogens with zero attached hydrogens (tertiary/aromatic N) is 5. The lowest BCUT2D eigenvalue weighted by molar-refractivity contribution is -0.132. The van der Waals surface area contributed by atoms with Gasteiger partial charge in [0.15, 0.2) is 11.2 Å². The molecular weight excluding hydrogens is 435 g/mol. The zero-order valence-corrected chi connectivity index (χ0v) is 18.7. The molecule has 0 spiro atoms. The zero-order chi connectivity index (χ0) is 23.5. The summed E-state index contributed by atoms with van der Waals surface area (Å²) in [5, 5.41) is 8.06. The molecule has 0 aliphatic carbocycles. The van der Waals surface area contributed by atoms with Gasteiger partial charge in [0, 0.05) is 25.4 Å². The van der Waals surface area contributed by atoms with E-state index in [0.717, 1.165) is 24.0 Å². The summed E-state index contributed by atoms with van der Waals surface area (Å²) in [6.45, 7) is 1.55. The summed E-state index contributed by atoms with van der Waals surface area (Å²) in [5.74, 6) is 0.269. The highest BCUT2D eigenvalue weighted by Gasteiger charge is 2.27. The van der Waals surface area contributed by atoms with Crippen molar-refractivity contribution in [1.29, 1.82) is 0 Å². The molecule has 4 aromatic rings. The SMILES string of the molecule is O=C(CCc1ccccc1)N1CCC[C@@H](c2nc3c(nnn3Cc3ccc(F)cc3)c(=O)[nH]2)C1. The normalized spacial score (nSPS) is 16.1. The molecule has 0 unspecified atom stereocenters. The molecule has 5 rings (SSSR count). The first kappa shape index (κ1) is 21.9. The maximum absolute atomic E-state index is 13.2. The Morgan fingerprint density at radius 1 is 1.09 bits per heavy atom. The van der Waals surface area contributed by atoms with Gasteiger partial charge in [-0.15, -0.1) is 5.10 Å². The number of piperidine rings is 1. The van der Waals surface area contributed by atoms with E-state index in [1.165, 1.54) is 12.1 Å². The third-order valence-corrected chi connectivity index (χ3v) is 6.27. The third kappa shape index (κ3) is 4.73. The minimum absolute atomic E-state index is 0.0688. The number of amides is 1. The lowest BCUT2D eigenvalue weighted by Crippen LogP contribution is -2.40. The van der Waals surface area contributed by atoms with Crippen LogP contribution in [0.15, 0.2) is 59.4 Å². The van der Waals surface area contributed by atoms with Crippen molar-refractivity contribution in [2.24, 2.45) is 0 Å². The third-order valence-electron chi connectivity index (χ3n) is 6.27. The van der Waals surface area contributed by atoms with Gasteiger partial charge in [-0.05, 0) is 42.5 Å². The zero-order valence-electron chi connectivity index (χ0n) is 18.7. The van der Waals surface area contributed by atoms with Crippen molar-refractivity contribution >= 4 is 17.1 Å². The first-order chi connectivity index (χ1) is 16.6. The molecule has 1 aliphatic heterocycles. The first-order valence-electron chi connectivity index (χ1n) is 11.5. The van der Waals surface area contributed by atoms with Crippen LogP contribution in [0, 0.1) is 5.82 Å². The van der Waals surface area contributed by atoms with Crippen molar-refractivity contribution in [2.75, 3.05) is 13.1 Å². The standard InChI is InChI=1S/C25H25FN6O2/c26-20-11-8-18(9-12-20)15-32-24-22(29-30-32)25(34)28-23(27-24)19-7-4-14-31(16-19)21(33)13-10-17-5-2-1-3-6-17/h1-3,5-6,8-9,11-12,19H,4,7,10,13-16H2,(H,27,28,34)/t19-/m1/s1. The summed E-state index contributed by atoms with van der Waals surface area (Å²) in [7, 11) is 0. The fraction of sp³-hybridized carbons (Fsp3) is 0.320. The van der Waals surface area contributed by atoms with Gasteiger partial charge in [0.1, 0.15) is 11.6 Å². The van der Waals surface area contributed by atoms with Gasteiger partial charge in [0.05, 0.1) is 6.54 Å². The maximum Gasteiger partial charge on any atom is 0.281 e. The van der Waals surface area contributed by atoms with Crippen LogP contribution in [0.3, 0.4) is 0 Å². The number of hydrogen-bond donors (Lipinski definition) is 1. The van der Waals surface area contributed by atoms with E-state index in [0.29, 0.717) is 43.9 Å². The number of halogens is 1. The van der Waals surface area contributed by atoms with Crippen LogP contribution in [0.5, 0.6) is 0 Å². The second-order valence-electron chi connectivity index (χ2n) is 8.66. The Labute approximate surface area is 195 Å². The number of aromatic nitrogens is 5. The molecule has 1 aliphatic rings. The average Bonchev–Trinajstić information content (AvgIpc) is 3.28.